The molecule has 0 spiro atoms. The largest absolute Gasteiger partial charge is 0.487 e. The van der Waals surface area contributed by atoms with Crippen LogP contribution in [0.1, 0.15) is 0 Å². The summed E-state index contributed by atoms with van der Waals surface area (Å²) >= 11 is 0. The third kappa shape index (κ3) is 8.91. The average Bonchev–Trinajstić information content (AvgIpc) is 2.66. The number of carboxylic acid groups (broad SMARTS) is 1. The number of ether oxygens (including phenoxy) is 7. The molecule has 1 aliphatic rings. The van der Waals surface area contributed by atoms with Crippen molar-refractivity contribution in [2.45, 2.75) is 0 Å². The lowest BCUT2D eigenvalue weighted by Crippen LogP contribution is -2.16. The summed E-state index contributed by atoms with van der Waals surface area (Å²) in [6.45, 7) is 3.65. The molecule has 1 aromatic carbocycles. The molecule has 152 valence electrons. The molecular formula is C18H26O9. The van der Waals surface area contributed by atoms with Gasteiger partial charge in [-0.15, -0.1) is 0 Å². The first-order valence-corrected chi connectivity index (χ1v) is 8.81. The summed E-state index contributed by atoms with van der Waals surface area (Å²) in [4.78, 5) is 10.8. The van der Waals surface area contributed by atoms with E-state index in [1.54, 1.807) is 18.2 Å². The normalized spacial score (nSPS) is 18.1. The smallest absolute Gasteiger partial charge is 0.341 e. The Labute approximate surface area is 158 Å². The first-order chi connectivity index (χ1) is 13.3. The molecule has 27 heavy (non-hydrogen) atoms. The molecule has 0 atom stereocenters. The predicted octanol–water partition coefficient (Wildman–Crippen LogP) is 0.988. The third-order valence-electron chi connectivity index (χ3n) is 3.37. The molecule has 0 aromatic heterocycles. The number of hydrogen-bond donors (Lipinski definition) is 1. The molecule has 0 unspecified atom stereocenters. The van der Waals surface area contributed by atoms with Crippen LogP contribution in [0.2, 0.25) is 0 Å². The van der Waals surface area contributed by atoms with Crippen LogP contribution in [0.5, 0.6) is 17.2 Å². The molecule has 0 aliphatic carbocycles. The second-order valence-electron chi connectivity index (χ2n) is 5.41. The van der Waals surface area contributed by atoms with Gasteiger partial charge in [-0.3, -0.25) is 0 Å². The van der Waals surface area contributed by atoms with E-state index in [2.05, 4.69) is 0 Å². The lowest BCUT2D eigenvalue weighted by atomic mass is 10.3. The molecule has 0 amide bonds. The maximum atomic E-state index is 10.8. The maximum absolute atomic E-state index is 10.8. The summed E-state index contributed by atoms with van der Waals surface area (Å²) < 4.78 is 38.4. The Hall–Kier alpha value is -2.07. The van der Waals surface area contributed by atoms with Crippen LogP contribution in [-0.2, 0) is 23.7 Å². The van der Waals surface area contributed by atoms with Gasteiger partial charge in [-0.1, -0.05) is 6.07 Å². The highest BCUT2D eigenvalue weighted by Crippen LogP contribution is 2.37. The molecule has 0 saturated heterocycles. The van der Waals surface area contributed by atoms with Crippen molar-refractivity contribution >= 4 is 5.97 Å². The second-order valence-corrected chi connectivity index (χ2v) is 5.41. The number of benzene rings is 1. The highest BCUT2D eigenvalue weighted by Gasteiger charge is 2.14. The lowest BCUT2D eigenvalue weighted by Gasteiger charge is -2.17. The van der Waals surface area contributed by atoms with Gasteiger partial charge in [-0.25, -0.2) is 4.79 Å². The Balaban J connectivity index is 1.97. The van der Waals surface area contributed by atoms with Crippen molar-refractivity contribution in [2.75, 3.05) is 72.7 Å². The van der Waals surface area contributed by atoms with Crippen LogP contribution in [0.25, 0.3) is 0 Å². The minimum absolute atomic E-state index is 0.253. The molecule has 0 fully saturated rings. The van der Waals surface area contributed by atoms with Crippen molar-refractivity contribution < 1.29 is 43.1 Å². The zero-order valence-electron chi connectivity index (χ0n) is 15.2. The summed E-state index contributed by atoms with van der Waals surface area (Å²) in [6, 6.07) is 5.05. The van der Waals surface area contributed by atoms with E-state index in [4.69, 9.17) is 38.3 Å². The van der Waals surface area contributed by atoms with E-state index in [-0.39, 0.29) is 6.61 Å². The summed E-state index contributed by atoms with van der Waals surface area (Å²) in [5.41, 5.74) is 0. The van der Waals surface area contributed by atoms with Gasteiger partial charge < -0.3 is 38.3 Å². The molecule has 1 N–H and O–H groups in total. The molecule has 1 aliphatic heterocycles. The van der Waals surface area contributed by atoms with Crippen LogP contribution in [0.3, 0.4) is 0 Å². The number of fused-ring (bicyclic) bond motifs is 1. The Morgan fingerprint density at radius 1 is 0.815 bits per heavy atom. The van der Waals surface area contributed by atoms with Gasteiger partial charge in [0.2, 0.25) is 5.75 Å². The Kier molecular flexibility index (Phi) is 10.3. The minimum atomic E-state index is -1.08. The molecule has 0 bridgehead atoms. The third-order valence-corrected chi connectivity index (χ3v) is 3.37. The number of carboxylic acids is 1. The molecule has 2 rings (SSSR count). The lowest BCUT2D eigenvalue weighted by molar-refractivity contribution is -0.139. The van der Waals surface area contributed by atoms with E-state index in [1.165, 1.54) is 0 Å². The first kappa shape index (κ1) is 21.2. The van der Waals surface area contributed by atoms with Crippen LogP contribution in [0, 0.1) is 0 Å². The zero-order valence-corrected chi connectivity index (χ0v) is 15.2. The Bertz CT molecular complexity index is 550. The first-order valence-electron chi connectivity index (χ1n) is 8.81. The molecule has 0 saturated carbocycles. The highest BCUT2D eigenvalue weighted by molar-refractivity contribution is 5.68. The molecular weight excluding hydrogens is 360 g/mol. The van der Waals surface area contributed by atoms with Crippen LogP contribution in [-0.4, -0.2) is 83.8 Å². The fraction of sp³-hybridized carbons (Fsp3) is 0.611. The highest BCUT2D eigenvalue weighted by atomic mass is 16.6. The quantitative estimate of drug-likeness (QED) is 0.814. The van der Waals surface area contributed by atoms with Crippen LogP contribution in [0.15, 0.2) is 18.2 Å². The van der Waals surface area contributed by atoms with E-state index < -0.39 is 12.6 Å². The van der Waals surface area contributed by atoms with Crippen molar-refractivity contribution in [1.29, 1.82) is 0 Å². The van der Waals surface area contributed by atoms with Crippen molar-refractivity contribution in [3.05, 3.63) is 18.2 Å². The topological polar surface area (TPSA) is 102 Å². The van der Waals surface area contributed by atoms with Gasteiger partial charge in [0.15, 0.2) is 18.1 Å². The zero-order chi connectivity index (χ0) is 19.2. The second kappa shape index (κ2) is 13.2. The fourth-order valence-electron chi connectivity index (χ4n) is 2.18. The van der Waals surface area contributed by atoms with Crippen molar-refractivity contribution in [3.63, 3.8) is 0 Å². The van der Waals surface area contributed by atoms with Crippen molar-refractivity contribution in [2.24, 2.45) is 0 Å². The maximum Gasteiger partial charge on any atom is 0.341 e. The monoisotopic (exact) mass is 386 g/mol. The van der Waals surface area contributed by atoms with E-state index >= 15 is 0 Å². The molecule has 1 heterocycles. The number of carbonyl (C=O) groups is 1. The number of aliphatic carboxylic acids is 1. The van der Waals surface area contributed by atoms with Crippen molar-refractivity contribution in [3.8, 4) is 17.2 Å². The Morgan fingerprint density at radius 2 is 1.33 bits per heavy atom. The summed E-state index contributed by atoms with van der Waals surface area (Å²) in [7, 11) is 0. The number of para-hydroxylation sites is 1. The van der Waals surface area contributed by atoms with Gasteiger partial charge in [0, 0.05) is 0 Å². The number of rotatable bonds is 3. The van der Waals surface area contributed by atoms with Crippen LogP contribution >= 0.6 is 0 Å². The average molecular weight is 386 g/mol. The van der Waals surface area contributed by atoms with Crippen LogP contribution < -0.4 is 14.2 Å². The van der Waals surface area contributed by atoms with E-state index in [9.17, 15) is 4.79 Å². The predicted molar refractivity (Wildman–Crippen MR) is 93.8 cm³/mol. The van der Waals surface area contributed by atoms with E-state index in [0.29, 0.717) is 76.7 Å². The van der Waals surface area contributed by atoms with Gasteiger partial charge in [-0.2, -0.15) is 0 Å². The van der Waals surface area contributed by atoms with Crippen molar-refractivity contribution in [1.82, 2.24) is 0 Å². The summed E-state index contributed by atoms with van der Waals surface area (Å²) in [5, 5.41) is 8.82. The molecule has 1 aromatic rings. The van der Waals surface area contributed by atoms with Gasteiger partial charge in [0.05, 0.1) is 52.9 Å². The summed E-state index contributed by atoms with van der Waals surface area (Å²) in [6.07, 6.45) is 0. The molecule has 9 heteroatoms. The Morgan fingerprint density at radius 3 is 1.89 bits per heavy atom. The minimum Gasteiger partial charge on any atom is -0.487 e. The number of hydrogen-bond acceptors (Lipinski definition) is 8. The SMILES string of the molecule is O=C(O)COc1cccc2c1OCCOCCOCCOCCOCCO2. The van der Waals surface area contributed by atoms with Gasteiger partial charge in [0.25, 0.3) is 0 Å². The van der Waals surface area contributed by atoms with Gasteiger partial charge in [-0.05, 0) is 12.1 Å². The van der Waals surface area contributed by atoms with Gasteiger partial charge >= 0.3 is 5.97 Å². The molecule has 9 nitrogen and oxygen atoms in total. The van der Waals surface area contributed by atoms with E-state index in [0.717, 1.165) is 0 Å². The van der Waals surface area contributed by atoms with Crippen LogP contribution in [0.4, 0.5) is 0 Å². The molecule has 0 radical (unpaired) electrons. The fourth-order valence-corrected chi connectivity index (χ4v) is 2.18. The van der Waals surface area contributed by atoms with Gasteiger partial charge in [0.1, 0.15) is 13.2 Å². The standard InChI is InChI=1S/C18H26O9/c19-17(20)14-27-16-3-1-2-15-18(16)26-13-11-24-9-7-22-5-4-21-6-8-23-10-12-25-15/h1-3H,4-14H2,(H,19,20). The van der Waals surface area contributed by atoms with E-state index in [1.807, 2.05) is 0 Å². The summed E-state index contributed by atoms with van der Waals surface area (Å²) in [5.74, 6) is -0.000132.